The van der Waals surface area contributed by atoms with Crippen molar-refractivity contribution in [2.45, 2.75) is 44.4 Å². The number of para-hydroxylation sites is 1. The van der Waals surface area contributed by atoms with Gasteiger partial charge in [-0.05, 0) is 31.0 Å². The van der Waals surface area contributed by atoms with Gasteiger partial charge in [-0.1, -0.05) is 42.5 Å². The number of rotatable bonds is 6. The normalized spacial score (nSPS) is 21.1. The minimum Gasteiger partial charge on any atom is -0.491 e. The number of hydrogen-bond acceptors (Lipinski definition) is 6. The van der Waals surface area contributed by atoms with Gasteiger partial charge in [0.25, 0.3) is 5.91 Å². The molecule has 0 bridgehead atoms. The van der Waals surface area contributed by atoms with Crippen molar-refractivity contribution in [3.63, 3.8) is 0 Å². The zero-order chi connectivity index (χ0) is 27.1. The highest BCUT2D eigenvalue weighted by Crippen LogP contribution is 2.19. The quantitative estimate of drug-likeness (QED) is 0.513. The number of benzene rings is 2. The molecule has 4 rings (SSSR count). The van der Waals surface area contributed by atoms with E-state index in [1.54, 1.807) is 29.2 Å². The molecule has 2 aromatic rings. The van der Waals surface area contributed by atoms with Crippen LogP contribution in [0, 0.1) is 0 Å². The van der Waals surface area contributed by atoms with Gasteiger partial charge in [0.1, 0.15) is 24.4 Å². The van der Waals surface area contributed by atoms with Crippen molar-refractivity contribution in [1.29, 1.82) is 0 Å². The smallest absolute Gasteiger partial charge is 0.255 e. The molecule has 0 saturated carbocycles. The molecule has 0 aromatic heterocycles. The molecule has 2 aliphatic rings. The molecular formula is C28H34N4O6. The van der Waals surface area contributed by atoms with E-state index in [0.717, 1.165) is 5.56 Å². The van der Waals surface area contributed by atoms with E-state index in [9.17, 15) is 24.3 Å². The molecule has 0 aliphatic carbocycles. The standard InChI is InChI=1S/C28H34N4O6/c1-2-31-14-15-38-24-11-7-6-10-21(24)26(35)29-22(12-13-25(34)32-17-20(33)18-32)27(36)30-23(28(31)37)16-19-8-4-3-5-9-19/h3-11,20,22-23,33H,2,12-18H2,1H3,(H,29,35)(H,30,36)/t22-,23+/m0/s1. The third kappa shape index (κ3) is 6.69. The van der Waals surface area contributed by atoms with Gasteiger partial charge < -0.3 is 30.3 Å². The Morgan fingerprint density at radius 2 is 1.71 bits per heavy atom. The number of β-amino-alcohol motifs (C(OH)–C–C–N with tert-alkyl or cyclic N) is 1. The number of nitrogens with one attached hydrogen (secondary N) is 2. The molecule has 3 N–H and O–H groups in total. The molecule has 2 aliphatic heterocycles. The number of fused-ring (bicyclic) bond motifs is 1. The van der Waals surface area contributed by atoms with E-state index in [-0.39, 0.29) is 62.9 Å². The van der Waals surface area contributed by atoms with Crippen molar-refractivity contribution in [3.8, 4) is 5.75 Å². The molecule has 2 aromatic carbocycles. The van der Waals surface area contributed by atoms with E-state index in [4.69, 9.17) is 4.74 Å². The van der Waals surface area contributed by atoms with Gasteiger partial charge in [-0.15, -0.1) is 0 Å². The minimum atomic E-state index is -1.06. The SMILES string of the molecule is CCN1CCOc2ccccc2C(=O)N[C@@H](CCC(=O)N2CC(O)C2)C(=O)N[C@H](Cc2ccccc2)C1=O. The maximum atomic E-state index is 13.6. The number of carbonyl (C=O) groups is 4. The highest BCUT2D eigenvalue weighted by molar-refractivity contribution is 6.00. The number of aliphatic hydroxyl groups excluding tert-OH is 1. The summed E-state index contributed by atoms with van der Waals surface area (Å²) in [6, 6.07) is 14.2. The average molecular weight is 523 g/mol. The van der Waals surface area contributed by atoms with Crippen LogP contribution in [0.1, 0.15) is 35.7 Å². The Balaban J connectivity index is 1.60. The number of aliphatic hydroxyl groups is 1. The zero-order valence-electron chi connectivity index (χ0n) is 21.5. The van der Waals surface area contributed by atoms with E-state index in [1.807, 2.05) is 37.3 Å². The lowest BCUT2D eigenvalue weighted by atomic mass is 10.0. The van der Waals surface area contributed by atoms with Gasteiger partial charge in [-0.2, -0.15) is 0 Å². The topological polar surface area (TPSA) is 128 Å². The van der Waals surface area contributed by atoms with Gasteiger partial charge in [0, 0.05) is 32.5 Å². The fraction of sp³-hybridized carbons (Fsp3) is 0.429. The Bertz CT molecular complexity index is 1150. The Kier molecular flexibility index (Phi) is 8.96. The molecule has 0 radical (unpaired) electrons. The first-order valence-electron chi connectivity index (χ1n) is 13.0. The Hall–Kier alpha value is -3.92. The molecule has 2 atom stereocenters. The summed E-state index contributed by atoms with van der Waals surface area (Å²) in [5, 5.41) is 15.1. The summed E-state index contributed by atoms with van der Waals surface area (Å²) in [6.07, 6.45) is -0.221. The number of nitrogens with zero attached hydrogens (tertiary/aromatic N) is 2. The van der Waals surface area contributed by atoms with E-state index >= 15 is 0 Å². The summed E-state index contributed by atoms with van der Waals surface area (Å²) >= 11 is 0. The van der Waals surface area contributed by atoms with Gasteiger partial charge >= 0.3 is 0 Å². The van der Waals surface area contributed by atoms with Crippen LogP contribution in [-0.2, 0) is 20.8 Å². The van der Waals surface area contributed by atoms with E-state index in [1.165, 1.54) is 4.90 Å². The predicted octanol–water partition coefficient (Wildman–Crippen LogP) is 0.737. The Morgan fingerprint density at radius 1 is 1.00 bits per heavy atom. The summed E-state index contributed by atoms with van der Waals surface area (Å²) in [5.41, 5.74) is 1.14. The lowest BCUT2D eigenvalue weighted by Gasteiger charge is -2.36. The summed E-state index contributed by atoms with van der Waals surface area (Å²) in [7, 11) is 0. The monoisotopic (exact) mass is 522 g/mol. The largest absolute Gasteiger partial charge is 0.491 e. The van der Waals surface area contributed by atoms with Gasteiger partial charge in [0.2, 0.25) is 17.7 Å². The van der Waals surface area contributed by atoms with Crippen LogP contribution in [0.2, 0.25) is 0 Å². The third-order valence-corrected chi connectivity index (χ3v) is 6.82. The second-order valence-corrected chi connectivity index (χ2v) is 9.53. The van der Waals surface area contributed by atoms with E-state index < -0.39 is 30.0 Å². The number of carbonyl (C=O) groups excluding carboxylic acids is 4. The van der Waals surface area contributed by atoms with Crippen molar-refractivity contribution < 1.29 is 29.0 Å². The van der Waals surface area contributed by atoms with Gasteiger partial charge in [0.15, 0.2) is 0 Å². The van der Waals surface area contributed by atoms with Crippen LogP contribution in [0.15, 0.2) is 54.6 Å². The molecule has 202 valence electrons. The molecule has 0 spiro atoms. The van der Waals surface area contributed by atoms with Crippen LogP contribution < -0.4 is 15.4 Å². The Labute approximate surface area is 221 Å². The molecule has 10 heteroatoms. The maximum absolute atomic E-state index is 13.6. The number of amides is 4. The number of hydrogen-bond donors (Lipinski definition) is 3. The summed E-state index contributed by atoms with van der Waals surface area (Å²) < 4.78 is 5.88. The van der Waals surface area contributed by atoms with Crippen LogP contribution in [0.4, 0.5) is 0 Å². The summed E-state index contributed by atoms with van der Waals surface area (Å²) in [6.45, 7) is 3.25. The number of likely N-dealkylation sites (tertiary alicyclic amines) is 1. The highest BCUT2D eigenvalue weighted by Gasteiger charge is 2.33. The molecule has 2 heterocycles. The predicted molar refractivity (Wildman–Crippen MR) is 139 cm³/mol. The van der Waals surface area contributed by atoms with Crippen molar-refractivity contribution in [2.75, 3.05) is 32.8 Å². The van der Waals surface area contributed by atoms with Crippen LogP contribution in [0.25, 0.3) is 0 Å². The number of ether oxygens (including phenoxy) is 1. The summed E-state index contributed by atoms with van der Waals surface area (Å²) in [5.74, 6) is -1.17. The second-order valence-electron chi connectivity index (χ2n) is 9.53. The van der Waals surface area contributed by atoms with Crippen LogP contribution >= 0.6 is 0 Å². The molecule has 0 unspecified atom stereocenters. The highest BCUT2D eigenvalue weighted by atomic mass is 16.5. The van der Waals surface area contributed by atoms with Crippen LogP contribution in [-0.4, -0.2) is 89.5 Å². The van der Waals surface area contributed by atoms with E-state index in [2.05, 4.69) is 10.6 Å². The summed E-state index contributed by atoms with van der Waals surface area (Å²) in [4.78, 5) is 56.0. The molecular weight excluding hydrogens is 488 g/mol. The minimum absolute atomic E-state index is 0.00160. The van der Waals surface area contributed by atoms with Crippen molar-refractivity contribution in [2.24, 2.45) is 0 Å². The van der Waals surface area contributed by atoms with Crippen molar-refractivity contribution in [3.05, 3.63) is 65.7 Å². The zero-order valence-corrected chi connectivity index (χ0v) is 21.5. The molecule has 1 fully saturated rings. The maximum Gasteiger partial charge on any atom is 0.255 e. The average Bonchev–Trinajstić information content (AvgIpc) is 2.91. The fourth-order valence-corrected chi connectivity index (χ4v) is 4.60. The lowest BCUT2D eigenvalue weighted by molar-refractivity contribution is -0.141. The third-order valence-electron chi connectivity index (χ3n) is 6.82. The first-order valence-corrected chi connectivity index (χ1v) is 13.0. The number of likely N-dealkylation sites (N-methyl/N-ethyl adjacent to an activating group) is 1. The van der Waals surface area contributed by atoms with Crippen molar-refractivity contribution in [1.82, 2.24) is 20.4 Å². The molecule has 10 nitrogen and oxygen atoms in total. The molecule has 38 heavy (non-hydrogen) atoms. The van der Waals surface area contributed by atoms with Crippen LogP contribution in [0.5, 0.6) is 5.75 Å². The second kappa shape index (κ2) is 12.6. The van der Waals surface area contributed by atoms with Gasteiger partial charge in [0.05, 0.1) is 18.2 Å². The van der Waals surface area contributed by atoms with Gasteiger partial charge in [-0.3, -0.25) is 19.2 Å². The first kappa shape index (κ1) is 27.1. The molecule has 4 amide bonds. The van der Waals surface area contributed by atoms with Crippen LogP contribution in [0.3, 0.4) is 0 Å². The van der Waals surface area contributed by atoms with Crippen molar-refractivity contribution >= 4 is 23.6 Å². The lowest BCUT2D eigenvalue weighted by Crippen LogP contribution is -2.56. The first-order chi connectivity index (χ1) is 18.4. The van der Waals surface area contributed by atoms with Gasteiger partial charge in [-0.25, -0.2) is 0 Å². The molecule has 1 saturated heterocycles. The van der Waals surface area contributed by atoms with E-state index in [0.29, 0.717) is 12.3 Å². The fourth-order valence-electron chi connectivity index (χ4n) is 4.60. The Morgan fingerprint density at radius 3 is 2.42 bits per heavy atom.